The standard InChI is InChI=1S/C17H20BrClN2/c1-3-20-11-14-6-9-17(16(19)10-14)21(2)12-13-4-7-15(18)8-5-13/h4-10,20H,3,11-12H2,1-2H3. The smallest absolute Gasteiger partial charge is 0.0642 e. The molecule has 2 nitrogen and oxygen atoms in total. The van der Waals surface area contributed by atoms with Crippen molar-refractivity contribution in [3.05, 3.63) is 63.1 Å². The lowest BCUT2D eigenvalue weighted by molar-refractivity contribution is 0.727. The van der Waals surface area contributed by atoms with Gasteiger partial charge in [0.1, 0.15) is 0 Å². The highest BCUT2D eigenvalue weighted by atomic mass is 79.9. The summed E-state index contributed by atoms with van der Waals surface area (Å²) in [5, 5.41) is 4.11. The Hall–Kier alpha value is -1.03. The van der Waals surface area contributed by atoms with Crippen molar-refractivity contribution in [2.24, 2.45) is 0 Å². The van der Waals surface area contributed by atoms with Gasteiger partial charge in [-0.25, -0.2) is 0 Å². The molecule has 0 amide bonds. The molecule has 4 heteroatoms. The first kappa shape index (κ1) is 16.3. The van der Waals surface area contributed by atoms with E-state index in [1.165, 1.54) is 11.1 Å². The van der Waals surface area contributed by atoms with E-state index in [-0.39, 0.29) is 0 Å². The van der Waals surface area contributed by atoms with E-state index in [9.17, 15) is 0 Å². The maximum absolute atomic E-state index is 6.42. The average Bonchev–Trinajstić information content (AvgIpc) is 2.47. The van der Waals surface area contributed by atoms with E-state index in [1.54, 1.807) is 0 Å². The fourth-order valence-electron chi connectivity index (χ4n) is 2.19. The molecular formula is C17H20BrClN2. The predicted octanol–water partition coefficient (Wildman–Crippen LogP) is 4.85. The largest absolute Gasteiger partial charge is 0.369 e. The van der Waals surface area contributed by atoms with Gasteiger partial charge in [0.2, 0.25) is 0 Å². The molecule has 0 bridgehead atoms. The van der Waals surface area contributed by atoms with Crippen LogP contribution in [0.2, 0.25) is 5.02 Å². The van der Waals surface area contributed by atoms with Crippen molar-refractivity contribution >= 4 is 33.2 Å². The Morgan fingerprint density at radius 2 is 1.76 bits per heavy atom. The monoisotopic (exact) mass is 366 g/mol. The van der Waals surface area contributed by atoms with Gasteiger partial charge in [0.05, 0.1) is 10.7 Å². The van der Waals surface area contributed by atoms with E-state index in [4.69, 9.17) is 11.6 Å². The van der Waals surface area contributed by atoms with Gasteiger partial charge >= 0.3 is 0 Å². The van der Waals surface area contributed by atoms with E-state index < -0.39 is 0 Å². The summed E-state index contributed by atoms with van der Waals surface area (Å²) in [5.41, 5.74) is 3.52. The molecule has 0 aromatic heterocycles. The lowest BCUT2D eigenvalue weighted by Crippen LogP contribution is -2.17. The van der Waals surface area contributed by atoms with E-state index in [0.717, 1.165) is 34.8 Å². The van der Waals surface area contributed by atoms with Gasteiger partial charge in [0, 0.05) is 24.6 Å². The highest BCUT2D eigenvalue weighted by Crippen LogP contribution is 2.27. The summed E-state index contributed by atoms with van der Waals surface area (Å²) < 4.78 is 1.10. The lowest BCUT2D eigenvalue weighted by Gasteiger charge is -2.21. The second-order valence-electron chi connectivity index (χ2n) is 5.05. The van der Waals surface area contributed by atoms with E-state index in [2.05, 4.69) is 76.5 Å². The van der Waals surface area contributed by atoms with Crippen LogP contribution >= 0.6 is 27.5 Å². The first-order valence-corrected chi connectivity index (χ1v) is 8.22. The van der Waals surface area contributed by atoms with Gasteiger partial charge in [0.15, 0.2) is 0 Å². The number of nitrogens with zero attached hydrogens (tertiary/aromatic N) is 1. The van der Waals surface area contributed by atoms with Crippen LogP contribution in [0.15, 0.2) is 46.9 Å². The van der Waals surface area contributed by atoms with Crippen molar-refractivity contribution in [2.75, 3.05) is 18.5 Å². The Kier molecular flexibility index (Phi) is 6.09. The first-order chi connectivity index (χ1) is 10.1. The van der Waals surface area contributed by atoms with Crippen LogP contribution in [0.1, 0.15) is 18.1 Å². The quantitative estimate of drug-likeness (QED) is 0.785. The van der Waals surface area contributed by atoms with Crippen LogP contribution in [0.3, 0.4) is 0 Å². The van der Waals surface area contributed by atoms with Gasteiger partial charge < -0.3 is 10.2 Å². The van der Waals surface area contributed by atoms with Gasteiger partial charge in [-0.15, -0.1) is 0 Å². The maximum atomic E-state index is 6.42. The Morgan fingerprint density at radius 3 is 2.38 bits per heavy atom. The fraction of sp³-hybridized carbons (Fsp3) is 0.294. The van der Waals surface area contributed by atoms with Crippen LogP contribution in [0, 0.1) is 0 Å². The molecule has 2 aromatic rings. The summed E-state index contributed by atoms with van der Waals surface area (Å²) in [4.78, 5) is 2.17. The van der Waals surface area contributed by atoms with Crippen molar-refractivity contribution in [1.82, 2.24) is 5.32 Å². The summed E-state index contributed by atoms with van der Waals surface area (Å²) in [6, 6.07) is 14.6. The highest BCUT2D eigenvalue weighted by molar-refractivity contribution is 9.10. The molecule has 0 saturated heterocycles. The van der Waals surface area contributed by atoms with Gasteiger partial charge in [-0.2, -0.15) is 0 Å². The molecule has 21 heavy (non-hydrogen) atoms. The minimum Gasteiger partial charge on any atom is -0.369 e. The summed E-state index contributed by atoms with van der Waals surface area (Å²) in [5.74, 6) is 0. The Bertz CT molecular complexity index is 584. The topological polar surface area (TPSA) is 15.3 Å². The third kappa shape index (κ3) is 4.73. The van der Waals surface area contributed by atoms with Crippen LogP contribution in [-0.2, 0) is 13.1 Å². The Morgan fingerprint density at radius 1 is 1.10 bits per heavy atom. The number of rotatable bonds is 6. The molecule has 0 fully saturated rings. The van der Waals surface area contributed by atoms with Crippen molar-refractivity contribution in [3.8, 4) is 0 Å². The van der Waals surface area contributed by atoms with Crippen molar-refractivity contribution in [3.63, 3.8) is 0 Å². The second-order valence-corrected chi connectivity index (χ2v) is 6.37. The summed E-state index contributed by atoms with van der Waals surface area (Å²) in [6.07, 6.45) is 0. The number of hydrogen-bond donors (Lipinski definition) is 1. The summed E-state index contributed by atoms with van der Waals surface area (Å²) >= 11 is 9.87. The minimum absolute atomic E-state index is 0.796. The number of anilines is 1. The normalized spacial score (nSPS) is 10.7. The maximum Gasteiger partial charge on any atom is 0.0642 e. The van der Waals surface area contributed by atoms with Crippen LogP contribution in [-0.4, -0.2) is 13.6 Å². The van der Waals surface area contributed by atoms with E-state index in [0.29, 0.717) is 0 Å². The molecule has 2 rings (SSSR count). The molecular weight excluding hydrogens is 348 g/mol. The molecule has 0 unspecified atom stereocenters. The molecule has 0 heterocycles. The number of hydrogen-bond acceptors (Lipinski definition) is 2. The van der Waals surface area contributed by atoms with Crippen molar-refractivity contribution in [1.29, 1.82) is 0 Å². The third-order valence-electron chi connectivity index (χ3n) is 3.34. The molecule has 112 valence electrons. The molecule has 0 aliphatic carbocycles. The van der Waals surface area contributed by atoms with Crippen LogP contribution in [0.5, 0.6) is 0 Å². The molecule has 0 aliphatic heterocycles. The molecule has 0 saturated carbocycles. The zero-order valence-electron chi connectivity index (χ0n) is 12.4. The Balaban J connectivity index is 2.08. The van der Waals surface area contributed by atoms with Gasteiger partial charge in [-0.1, -0.05) is 52.7 Å². The van der Waals surface area contributed by atoms with Gasteiger partial charge in [0.25, 0.3) is 0 Å². The highest BCUT2D eigenvalue weighted by Gasteiger charge is 2.07. The SMILES string of the molecule is CCNCc1ccc(N(C)Cc2ccc(Br)cc2)c(Cl)c1. The Labute approximate surface area is 140 Å². The minimum atomic E-state index is 0.796. The third-order valence-corrected chi connectivity index (χ3v) is 4.17. The summed E-state index contributed by atoms with van der Waals surface area (Å²) in [7, 11) is 2.06. The predicted molar refractivity (Wildman–Crippen MR) is 95.1 cm³/mol. The van der Waals surface area contributed by atoms with Crippen LogP contribution in [0.4, 0.5) is 5.69 Å². The lowest BCUT2D eigenvalue weighted by atomic mass is 10.1. The van der Waals surface area contributed by atoms with Crippen LogP contribution in [0.25, 0.3) is 0 Å². The zero-order valence-corrected chi connectivity index (χ0v) is 14.7. The molecule has 0 aliphatic rings. The average molecular weight is 368 g/mol. The van der Waals surface area contributed by atoms with E-state index >= 15 is 0 Å². The van der Waals surface area contributed by atoms with E-state index in [1.807, 2.05) is 6.07 Å². The van der Waals surface area contributed by atoms with Gasteiger partial charge in [-0.3, -0.25) is 0 Å². The van der Waals surface area contributed by atoms with Gasteiger partial charge in [-0.05, 0) is 41.9 Å². The molecule has 0 radical (unpaired) electrons. The summed E-state index contributed by atoms with van der Waals surface area (Å²) in [6.45, 7) is 4.75. The molecule has 2 aromatic carbocycles. The molecule has 1 N–H and O–H groups in total. The number of benzene rings is 2. The molecule has 0 spiro atoms. The molecule has 0 atom stereocenters. The van der Waals surface area contributed by atoms with Crippen molar-refractivity contribution < 1.29 is 0 Å². The van der Waals surface area contributed by atoms with Crippen LogP contribution < -0.4 is 10.2 Å². The van der Waals surface area contributed by atoms with Crippen molar-refractivity contribution in [2.45, 2.75) is 20.0 Å². The second kappa shape index (κ2) is 7.83. The zero-order chi connectivity index (χ0) is 15.2. The number of halogens is 2. The first-order valence-electron chi connectivity index (χ1n) is 7.05. The number of nitrogens with one attached hydrogen (secondary N) is 1. The fourth-order valence-corrected chi connectivity index (χ4v) is 2.80.